The highest BCUT2D eigenvalue weighted by molar-refractivity contribution is 5.95. The zero-order chi connectivity index (χ0) is 20.1. The molecule has 2 fully saturated rings. The summed E-state index contributed by atoms with van der Waals surface area (Å²) in [5.41, 5.74) is 1.66. The topological polar surface area (TPSA) is 47.0 Å². The number of pyridine rings is 1. The molecule has 0 radical (unpaired) electrons. The number of fused-ring (bicyclic) bond motifs is 2. The standard InChI is InChI=1S/C24H28FNO2/c1-24(2,3)13-17(27)9-14-8-15-11-21(23(28)19(15)10-14)18-6-7-26-22-5-4-16(25)12-20(18)22/h4-7,12,14-15,19,21H,8-11,13H2,1-3H3/t14-,15-,19-,21-/m1/s1. The van der Waals surface area contributed by atoms with Gasteiger partial charge in [0.05, 0.1) is 5.52 Å². The maximum Gasteiger partial charge on any atom is 0.143 e. The van der Waals surface area contributed by atoms with Crippen molar-refractivity contribution in [2.75, 3.05) is 0 Å². The van der Waals surface area contributed by atoms with Crippen LogP contribution in [0.15, 0.2) is 30.5 Å². The van der Waals surface area contributed by atoms with E-state index in [4.69, 9.17) is 0 Å². The molecule has 0 aliphatic heterocycles. The van der Waals surface area contributed by atoms with Gasteiger partial charge in [-0.25, -0.2) is 4.39 Å². The largest absolute Gasteiger partial charge is 0.300 e. The molecule has 3 nitrogen and oxygen atoms in total. The first-order valence-electron chi connectivity index (χ1n) is 10.3. The van der Waals surface area contributed by atoms with E-state index in [9.17, 15) is 14.0 Å². The average Bonchev–Trinajstić information content (AvgIpc) is 3.11. The molecular formula is C24H28FNO2. The Hall–Kier alpha value is -2.10. The molecule has 0 spiro atoms. The Labute approximate surface area is 165 Å². The third-order valence-electron chi connectivity index (χ3n) is 6.40. The van der Waals surface area contributed by atoms with Crippen LogP contribution in [0.1, 0.15) is 64.4 Å². The van der Waals surface area contributed by atoms with Gasteiger partial charge in [-0.2, -0.15) is 0 Å². The van der Waals surface area contributed by atoms with Gasteiger partial charge in [0.15, 0.2) is 0 Å². The van der Waals surface area contributed by atoms with Crippen molar-refractivity contribution in [1.29, 1.82) is 0 Å². The molecule has 28 heavy (non-hydrogen) atoms. The van der Waals surface area contributed by atoms with Crippen molar-refractivity contribution in [3.8, 4) is 0 Å². The van der Waals surface area contributed by atoms with Gasteiger partial charge >= 0.3 is 0 Å². The van der Waals surface area contributed by atoms with Crippen molar-refractivity contribution in [2.45, 2.75) is 58.8 Å². The summed E-state index contributed by atoms with van der Waals surface area (Å²) in [6, 6.07) is 6.44. The van der Waals surface area contributed by atoms with Crippen LogP contribution in [0.3, 0.4) is 0 Å². The molecule has 2 aliphatic carbocycles. The van der Waals surface area contributed by atoms with E-state index in [2.05, 4.69) is 25.8 Å². The maximum atomic E-state index is 13.8. The second kappa shape index (κ2) is 7.06. The first-order chi connectivity index (χ1) is 13.2. The molecule has 1 aromatic carbocycles. The van der Waals surface area contributed by atoms with Gasteiger partial charge in [-0.1, -0.05) is 20.8 Å². The van der Waals surface area contributed by atoms with Crippen LogP contribution in [-0.2, 0) is 9.59 Å². The van der Waals surface area contributed by atoms with Crippen molar-refractivity contribution in [2.24, 2.45) is 23.2 Å². The second-order valence-corrected chi connectivity index (χ2v) is 9.94. The fourth-order valence-electron chi connectivity index (χ4n) is 5.40. The Bertz CT molecular complexity index is 930. The first kappa shape index (κ1) is 19.2. The Kier molecular flexibility index (Phi) is 4.84. The van der Waals surface area contributed by atoms with E-state index in [0.29, 0.717) is 30.5 Å². The third kappa shape index (κ3) is 3.74. The van der Waals surface area contributed by atoms with E-state index in [-0.39, 0.29) is 28.9 Å². The molecule has 0 N–H and O–H groups in total. The van der Waals surface area contributed by atoms with Crippen molar-refractivity contribution < 1.29 is 14.0 Å². The molecule has 2 aromatic rings. The summed E-state index contributed by atoms with van der Waals surface area (Å²) in [4.78, 5) is 29.8. The Morgan fingerprint density at radius 2 is 1.96 bits per heavy atom. The lowest BCUT2D eigenvalue weighted by Crippen LogP contribution is -2.17. The molecule has 148 valence electrons. The van der Waals surface area contributed by atoms with Crippen LogP contribution in [0.4, 0.5) is 4.39 Å². The lowest BCUT2D eigenvalue weighted by molar-refractivity contribution is -0.123. The summed E-state index contributed by atoms with van der Waals surface area (Å²) in [6.45, 7) is 6.26. The van der Waals surface area contributed by atoms with E-state index in [1.54, 1.807) is 12.3 Å². The van der Waals surface area contributed by atoms with Gasteiger partial charge in [-0.15, -0.1) is 0 Å². The van der Waals surface area contributed by atoms with Crippen molar-refractivity contribution in [3.63, 3.8) is 0 Å². The van der Waals surface area contributed by atoms with Gasteiger partial charge in [-0.05, 0) is 66.3 Å². The molecule has 4 rings (SSSR count). The highest BCUT2D eigenvalue weighted by Crippen LogP contribution is 2.52. The maximum absolute atomic E-state index is 13.8. The molecule has 0 saturated heterocycles. The Balaban J connectivity index is 1.48. The van der Waals surface area contributed by atoms with Crippen molar-refractivity contribution in [3.05, 3.63) is 41.8 Å². The summed E-state index contributed by atoms with van der Waals surface area (Å²) in [6.07, 6.45) is 5.51. The monoisotopic (exact) mass is 381 g/mol. The van der Waals surface area contributed by atoms with Crippen LogP contribution in [0.2, 0.25) is 0 Å². The quantitative estimate of drug-likeness (QED) is 0.706. The van der Waals surface area contributed by atoms with Gasteiger partial charge in [0.25, 0.3) is 0 Å². The minimum absolute atomic E-state index is 0.0180. The van der Waals surface area contributed by atoms with Crippen LogP contribution in [0.25, 0.3) is 10.9 Å². The second-order valence-electron chi connectivity index (χ2n) is 9.94. The van der Waals surface area contributed by atoms with Gasteiger partial charge in [0.2, 0.25) is 0 Å². The molecular weight excluding hydrogens is 353 g/mol. The highest BCUT2D eigenvalue weighted by Gasteiger charge is 2.48. The zero-order valence-electron chi connectivity index (χ0n) is 16.9. The first-order valence-corrected chi connectivity index (χ1v) is 10.3. The lowest BCUT2D eigenvalue weighted by Gasteiger charge is -2.19. The summed E-state index contributed by atoms with van der Waals surface area (Å²) >= 11 is 0. The average molecular weight is 381 g/mol. The Morgan fingerprint density at radius 3 is 2.68 bits per heavy atom. The number of hydrogen-bond acceptors (Lipinski definition) is 3. The number of Topliss-reactive ketones (excluding diaryl/α,β-unsaturated/α-hetero) is 2. The normalized spacial score (nSPS) is 27.4. The van der Waals surface area contributed by atoms with E-state index in [1.807, 2.05) is 6.07 Å². The third-order valence-corrected chi connectivity index (χ3v) is 6.40. The van der Waals surface area contributed by atoms with E-state index >= 15 is 0 Å². The fourth-order valence-corrected chi connectivity index (χ4v) is 5.40. The van der Waals surface area contributed by atoms with Crippen molar-refractivity contribution >= 4 is 22.5 Å². The minimum atomic E-state index is -0.301. The fraction of sp³-hybridized carbons (Fsp3) is 0.542. The number of aromatic nitrogens is 1. The molecule has 0 bridgehead atoms. The number of rotatable bonds is 4. The molecule has 4 heteroatoms. The Morgan fingerprint density at radius 1 is 1.18 bits per heavy atom. The van der Waals surface area contributed by atoms with Crippen LogP contribution < -0.4 is 0 Å². The van der Waals surface area contributed by atoms with E-state index in [1.165, 1.54) is 12.1 Å². The predicted octanol–water partition coefficient (Wildman–Crippen LogP) is 5.47. The smallest absolute Gasteiger partial charge is 0.143 e. The molecule has 0 unspecified atom stereocenters. The number of halogens is 1. The van der Waals surface area contributed by atoms with Crippen molar-refractivity contribution in [1.82, 2.24) is 4.98 Å². The lowest BCUT2D eigenvalue weighted by atomic mass is 9.85. The number of benzene rings is 1. The molecule has 4 atom stereocenters. The number of carbonyl (C=O) groups excluding carboxylic acids is 2. The van der Waals surface area contributed by atoms with Crippen LogP contribution in [0, 0.1) is 29.0 Å². The van der Waals surface area contributed by atoms with Crippen LogP contribution in [0.5, 0.6) is 0 Å². The molecule has 2 saturated carbocycles. The number of hydrogen-bond donors (Lipinski definition) is 0. The summed E-state index contributed by atoms with van der Waals surface area (Å²) in [5.74, 6) is 0.847. The van der Waals surface area contributed by atoms with Gasteiger partial charge in [0, 0.05) is 36.3 Å². The predicted molar refractivity (Wildman–Crippen MR) is 107 cm³/mol. The molecule has 0 amide bonds. The highest BCUT2D eigenvalue weighted by atomic mass is 19.1. The summed E-state index contributed by atoms with van der Waals surface area (Å²) in [7, 11) is 0. The van der Waals surface area contributed by atoms with Crippen LogP contribution >= 0.6 is 0 Å². The van der Waals surface area contributed by atoms with Gasteiger partial charge in [0.1, 0.15) is 17.4 Å². The number of carbonyl (C=O) groups is 2. The van der Waals surface area contributed by atoms with Crippen LogP contribution in [-0.4, -0.2) is 16.6 Å². The number of nitrogens with zero attached hydrogens (tertiary/aromatic N) is 1. The molecule has 1 heterocycles. The van der Waals surface area contributed by atoms with E-state index < -0.39 is 0 Å². The molecule has 2 aliphatic rings. The zero-order valence-corrected chi connectivity index (χ0v) is 16.9. The minimum Gasteiger partial charge on any atom is -0.300 e. The SMILES string of the molecule is CC(C)(C)CC(=O)C[C@H]1C[C@@H]2C[C@H](c3ccnc4ccc(F)cc34)C(=O)[C@@H]2C1. The van der Waals surface area contributed by atoms with Gasteiger partial charge < -0.3 is 0 Å². The summed E-state index contributed by atoms with van der Waals surface area (Å²) < 4.78 is 13.8. The molecule has 1 aromatic heterocycles. The van der Waals surface area contributed by atoms with E-state index in [0.717, 1.165) is 35.7 Å². The summed E-state index contributed by atoms with van der Waals surface area (Å²) in [5, 5.41) is 0.748. The number of ketones is 2. The van der Waals surface area contributed by atoms with Gasteiger partial charge in [-0.3, -0.25) is 14.6 Å².